The first kappa shape index (κ1) is 21.6. The van der Waals surface area contributed by atoms with E-state index in [2.05, 4.69) is 23.2 Å². The Morgan fingerprint density at radius 1 is 1.03 bits per heavy atom. The van der Waals surface area contributed by atoms with Gasteiger partial charge >= 0.3 is 0 Å². The van der Waals surface area contributed by atoms with Crippen LogP contribution in [0.2, 0.25) is 0 Å². The van der Waals surface area contributed by atoms with E-state index in [1.807, 2.05) is 66.1 Å². The molecule has 0 aliphatic carbocycles. The zero-order chi connectivity index (χ0) is 22.3. The van der Waals surface area contributed by atoms with E-state index in [0.717, 1.165) is 16.7 Å². The summed E-state index contributed by atoms with van der Waals surface area (Å²) in [5.41, 5.74) is 6.73. The molecule has 0 aliphatic rings. The van der Waals surface area contributed by atoms with Crippen LogP contribution in [-0.4, -0.2) is 28.2 Å². The number of nitrogens with two attached hydrogens (primary N) is 1. The van der Waals surface area contributed by atoms with Gasteiger partial charge in [0.15, 0.2) is 0 Å². The van der Waals surface area contributed by atoms with Crippen molar-refractivity contribution in [3.05, 3.63) is 96.6 Å². The molecule has 0 spiro atoms. The van der Waals surface area contributed by atoms with E-state index in [9.17, 15) is 4.79 Å². The molecule has 1 amide bonds. The molecule has 0 radical (unpaired) electrons. The number of benzene rings is 3. The Morgan fingerprint density at radius 2 is 1.78 bits per heavy atom. The summed E-state index contributed by atoms with van der Waals surface area (Å²) in [6, 6.07) is 24.2. The van der Waals surface area contributed by atoms with Gasteiger partial charge in [0, 0.05) is 12.6 Å². The average Bonchev–Trinajstić information content (AvgIpc) is 3.31. The molecule has 1 aromatic heterocycles. The molecule has 4 rings (SSSR count). The monoisotopic (exact) mass is 429 g/mol. The quantitative estimate of drug-likeness (QED) is 0.394. The molecule has 4 aromatic rings. The van der Waals surface area contributed by atoms with Gasteiger partial charge in [0.25, 0.3) is 5.91 Å². The van der Waals surface area contributed by atoms with E-state index in [-0.39, 0.29) is 17.8 Å². The third-order valence-corrected chi connectivity index (χ3v) is 5.54. The third kappa shape index (κ3) is 5.34. The molecule has 32 heavy (non-hydrogen) atoms. The van der Waals surface area contributed by atoms with Crippen LogP contribution in [0.15, 0.2) is 85.3 Å². The smallest absolute Gasteiger partial charge is 0.268 e. The van der Waals surface area contributed by atoms with Crippen molar-refractivity contribution in [2.75, 3.05) is 6.61 Å². The fourth-order valence-corrected chi connectivity index (χ4v) is 3.74. The molecule has 0 saturated heterocycles. The van der Waals surface area contributed by atoms with Gasteiger partial charge in [-0.15, -0.1) is 0 Å². The maximum absolute atomic E-state index is 11.5. The second-order valence-corrected chi connectivity index (χ2v) is 7.79. The SMILES string of the molecule is C[C@H](OCc1ccccc1)[C@@H](CCOc1ccc2ccccc2c1)n1cnc(C(N)=O)c1. The first-order valence-corrected chi connectivity index (χ1v) is 10.7. The van der Waals surface area contributed by atoms with Crippen molar-refractivity contribution in [2.45, 2.75) is 32.1 Å². The first-order chi connectivity index (χ1) is 15.6. The van der Waals surface area contributed by atoms with E-state index in [4.69, 9.17) is 15.2 Å². The number of ether oxygens (including phenoxy) is 2. The summed E-state index contributed by atoms with van der Waals surface area (Å²) in [6.45, 7) is 3.01. The number of amides is 1. The highest BCUT2D eigenvalue weighted by Crippen LogP contribution is 2.24. The lowest BCUT2D eigenvalue weighted by Crippen LogP contribution is -2.25. The second kappa shape index (κ2) is 10.1. The molecule has 0 aliphatic heterocycles. The van der Waals surface area contributed by atoms with E-state index in [1.54, 1.807) is 12.5 Å². The van der Waals surface area contributed by atoms with Crippen molar-refractivity contribution in [3.8, 4) is 5.75 Å². The number of aromatic nitrogens is 2. The van der Waals surface area contributed by atoms with Crippen LogP contribution in [0, 0.1) is 0 Å². The number of hydrogen-bond acceptors (Lipinski definition) is 4. The van der Waals surface area contributed by atoms with E-state index < -0.39 is 5.91 Å². The van der Waals surface area contributed by atoms with E-state index in [1.165, 1.54) is 5.39 Å². The van der Waals surface area contributed by atoms with Gasteiger partial charge in [-0.2, -0.15) is 0 Å². The summed E-state index contributed by atoms with van der Waals surface area (Å²) in [6.07, 6.45) is 3.84. The summed E-state index contributed by atoms with van der Waals surface area (Å²) < 4.78 is 14.1. The number of imidazole rings is 1. The summed E-state index contributed by atoms with van der Waals surface area (Å²) >= 11 is 0. The maximum Gasteiger partial charge on any atom is 0.268 e. The van der Waals surface area contributed by atoms with Gasteiger partial charge in [0.05, 0.1) is 31.7 Å². The standard InChI is InChI=1S/C26H27N3O3/c1-19(32-17-20-7-3-2-4-8-20)25(29-16-24(26(27)30)28-18-29)13-14-31-23-12-11-21-9-5-6-10-22(21)15-23/h2-12,15-16,18-19,25H,13-14,17H2,1H3,(H2,27,30)/t19-,25+/m0/s1. The fraction of sp³-hybridized carbons (Fsp3) is 0.231. The molecule has 0 unspecified atom stereocenters. The third-order valence-electron chi connectivity index (χ3n) is 5.54. The zero-order valence-corrected chi connectivity index (χ0v) is 18.1. The summed E-state index contributed by atoms with van der Waals surface area (Å²) in [7, 11) is 0. The van der Waals surface area contributed by atoms with Crippen molar-refractivity contribution < 1.29 is 14.3 Å². The highest BCUT2D eigenvalue weighted by atomic mass is 16.5. The van der Waals surface area contributed by atoms with Crippen molar-refractivity contribution in [3.63, 3.8) is 0 Å². The number of carbonyl (C=O) groups is 1. The molecule has 2 N–H and O–H groups in total. The lowest BCUT2D eigenvalue weighted by atomic mass is 10.1. The Balaban J connectivity index is 1.44. The van der Waals surface area contributed by atoms with Crippen LogP contribution in [0.3, 0.4) is 0 Å². The van der Waals surface area contributed by atoms with Crippen molar-refractivity contribution in [1.82, 2.24) is 9.55 Å². The zero-order valence-electron chi connectivity index (χ0n) is 18.1. The van der Waals surface area contributed by atoms with Gasteiger partial charge in [-0.1, -0.05) is 60.7 Å². The number of carbonyl (C=O) groups excluding carboxylic acids is 1. The van der Waals surface area contributed by atoms with Crippen LogP contribution in [-0.2, 0) is 11.3 Å². The summed E-state index contributed by atoms with van der Waals surface area (Å²) in [5, 5.41) is 2.32. The predicted molar refractivity (Wildman–Crippen MR) is 125 cm³/mol. The van der Waals surface area contributed by atoms with Gasteiger partial charge in [-0.3, -0.25) is 4.79 Å². The van der Waals surface area contributed by atoms with E-state index >= 15 is 0 Å². The van der Waals surface area contributed by atoms with Gasteiger partial charge in [-0.25, -0.2) is 4.98 Å². The number of primary amides is 1. The van der Waals surface area contributed by atoms with Crippen LogP contribution >= 0.6 is 0 Å². The normalized spacial score (nSPS) is 13.0. The number of fused-ring (bicyclic) bond motifs is 1. The van der Waals surface area contributed by atoms with Gasteiger partial charge in [0.1, 0.15) is 11.4 Å². The maximum atomic E-state index is 11.5. The Labute approximate surface area is 187 Å². The molecule has 0 fully saturated rings. The molecule has 0 saturated carbocycles. The van der Waals surface area contributed by atoms with Gasteiger partial charge in [0.2, 0.25) is 0 Å². The van der Waals surface area contributed by atoms with E-state index in [0.29, 0.717) is 19.6 Å². The van der Waals surface area contributed by atoms with Crippen LogP contribution in [0.5, 0.6) is 5.75 Å². The minimum absolute atomic E-state index is 0.0697. The Bertz CT molecular complexity index is 1170. The lowest BCUT2D eigenvalue weighted by Gasteiger charge is -2.26. The first-order valence-electron chi connectivity index (χ1n) is 10.7. The predicted octanol–water partition coefficient (Wildman–Crippen LogP) is 4.75. The molecule has 2 atom stereocenters. The minimum atomic E-state index is -0.548. The van der Waals surface area contributed by atoms with Crippen molar-refractivity contribution in [1.29, 1.82) is 0 Å². The molecular weight excluding hydrogens is 402 g/mol. The molecule has 1 heterocycles. The summed E-state index contributed by atoms with van der Waals surface area (Å²) in [4.78, 5) is 15.6. The largest absolute Gasteiger partial charge is 0.493 e. The van der Waals surface area contributed by atoms with Crippen LogP contribution in [0.4, 0.5) is 0 Å². The van der Waals surface area contributed by atoms with Gasteiger partial charge in [-0.05, 0) is 35.4 Å². The molecule has 3 aromatic carbocycles. The van der Waals surface area contributed by atoms with Crippen LogP contribution in [0.1, 0.15) is 35.4 Å². The van der Waals surface area contributed by atoms with Crippen LogP contribution < -0.4 is 10.5 Å². The number of hydrogen-bond donors (Lipinski definition) is 1. The highest BCUT2D eigenvalue weighted by molar-refractivity contribution is 5.90. The Morgan fingerprint density at radius 3 is 2.53 bits per heavy atom. The molecule has 6 nitrogen and oxygen atoms in total. The Hall–Kier alpha value is -3.64. The summed E-state index contributed by atoms with van der Waals surface area (Å²) in [5.74, 6) is 0.275. The molecular formula is C26H27N3O3. The molecule has 164 valence electrons. The fourth-order valence-electron chi connectivity index (χ4n) is 3.74. The molecule has 0 bridgehead atoms. The van der Waals surface area contributed by atoms with Crippen molar-refractivity contribution >= 4 is 16.7 Å². The highest BCUT2D eigenvalue weighted by Gasteiger charge is 2.21. The average molecular weight is 430 g/mol. The Kier molecular flexibility index (Phi) is 6.82. The second-order valence-electron chi connectivity index (χ2n) is 7.79. The van der Waals surface area contributed by atoms with Crippen molar-refractivity contribution in [2.24, 2.45) is 5.73 Å². The number of nitrogens with zero attached hydrogens (tertiary/aromatic N) is 2. The number of rotatable bonds is 10. The topological polar surface area (TPSA) is 79.4 Å². The molecule has 6 heteroatoms. The lowest BCUT2D eigenvalue weighted by molar-refractivity contribution is 0.0113. The van der Waals surface area contributed by atoms with Gasteiger partial charge < -0.3 is 19.8 Å². The minimum Gasteiger partial charge on any atom is -0.493 e. The van der Waals surface area contributed by atoms with Crippen LogP contribution in [0.25, 0.3) is 10.8 Å².